The van der Waals surface area contributed by atoms with E-state index in [-0.39, 0.29) is 5.91 Å². The van der Waals surface area contributed by atoms with Crippen LogP contribution in [0.4, 0.5) is 5.69 Å². The van der Waals surface area contributed by atoms with Crippen LogP contribution in [0.2, 0.25) is 0 Å². The maximum Gasteiger partial charge on any atom is 0.268 e. The largest absolute Gasteiger partial charge is 0.397 e. The Morgan fingerprint density at radius 1 is 1.35 bits per heavy atom. The highest BCUT2D eigenvalue weighted by Gasteiger charge is 2.64. The summed E-state index contributed by atoms with van der Waals surface area (Å²) in [6.07, 6.45) is 4.19. The van der Waals surface area contributed by atoms with Crippen molar-refractivity contribution in [3.63, 3.8) is 0 Å². The molecule has 0 saturated heterocycles. The van der Waals surface area contributed by atoms with Gasteiger partial charge in [-0.25, -0.2) is 0 Å². The van der Waals surface area contributed by atoms with Gasteiger partial charge in [-0.05, 0) is 35.7 Å². The Labute approximate surface area is 120 Å². The number of amides is 1. The van der Waals surface area contributed by atoms with Gasteiger partial charge in [0.15, 0.2) is 0 Å². The Kier molecular flexibility index (Phi) is 2.72. The second-order valence-electron chi connectivity index (χ2n) is 7.50. The quantitative estimate of drug-likeness (QED) is 0.887. The molecule has 0 atom stereocenters. The standard InChI is InChI=1S/C16H25N3O/c1-15(2)13(16(15,3)4)8-18-14(20)12-7-10(17)9-19(12)11-5-6-11/h7,9,11,13H,5-6,8,17H2,1-4H3,(H,18,20). The van der Waals surface area contributed by atoms with Gasteiger partial charge in [-0.1, -0.05) is 27.7 Å². The Hall–Kier alpha value is -1.45. The van der Waals surface area contributed by atoms with E-state index in [1.807, 2.05) is 10.8 Å². The number of nitrogens with two attached hydrogens (primary N) is 1. The molecule has 3 N–H and O–H groups in total. The molecule has 1 aromatic heterocycles. The van der Waals surface area contributed by atoms with Gasteiger partial charge in [0, 0.05) is 18.8 Å². The maximum absolute atomic E-state index is 12.4. The third-order valence-electron chi connectivity index (χ3n) is 5.83. The van der Waals surface area contributed by atoms with Gasteiger partial charge in [0.2, 0.25) is 0 Å². The lowest BCUT2D eigenvalue weighted by atomic mass is 10.0. The number of anilines is 1. The zero-order valence-electron chi connectivity index (χ0n) is 12.9. The van der Waals surface area contributed by atoms with Crippen LogP contribution in [0.5, 0.6) is 0 Å². The van der Waals surface area contributed by atoms with Crippen LogP contribution in [0.15, 0.2) is 12.3 Å². The molecule has 3 rings (SSSR count). The summed E-state index contributed by atoms with van der Waals surface area (Å²) >= 11 is 0. The highest BCUT2D eigenvalue weighted by molar-refractivity contribution is 5.94. The molecule has 2 aliphatic rings. The van der Waals surface area contributed by atoms with Crippen LogP contribution in [-0.4, -0.2) is 17.0 Å². The van der Waals surface area contributed by atoms with Crippen molar-refractivity contribution in [3.8, 4) is 0 Å². The molecule has 1 aromatic rings. The second-order valence-corrected chi connectivity index (χ2v) is 7.50. The third kappa shape index (κ3) is 1.93. The van der Waals surface area contributed by atoms with E-state index in [1.165, 1.54) is 0 Å². The van der Waals surface area contributed by atoms with Gasteiger partial charge in [-0.3, -0.25) is 4.79 Å². The molecule has 4 nitrogen and oxygen atoms in total. The molecular formula is C16H25N3O. The first-order valence-electron chi connectivity index (χ1n) is 7.50. The van der Waals surface area contributed by atoms with E-state index in [1.54, 1.807) is 6.07 Å². The molecule has 0 unspecified atom stereocenters. The monoisotopic (exact) mass is 275 g/mol. The number of nitrogens with zero attached hydrogens (tertiary/aromatic N) is 1. The van der Waals surface area contributed by atoms with Gasteiger partial charge in [0.25, 0.3) is 5.91 Å². The summed E-state index contributed by atoms with van der Waals surface area (Å²) in [4.78, 5) is 12.4. The second kappa shape index (κ2) is 4.03. The van der Waals surface area contributed by atoms with Gasteiger partial charge in [-0.2, -0.15) is 0 Å². The number of aromatic nitrogens is 1. The first-order chi connectivity index (χ1) is 9.25. The molecule has 110 valence electrons. The summed E-state index contributed by atoms with van der Waals surface area (Å²) in [5, 5.41) is 3.09. The summed E-state index contributed by atoms with van der Waals surface area (Å²) < 4.78 is 2.04. The van der Waals surface area contributed by atoms with Crippen LogP contribution in [0.1, 0.15) is 57.1 Å². The van der Waals surface area contributed by atoms with Crippen molar-refractivity contribution in [2.45, 2.75) is 46.6 Å². The molecule has 2 saturated carbocycles. The number of hydrogen-bond donors (Lipinski definition) is 2. The molecule has 2 fully saturated rings. The minimum absolute atomic E-state index is 0.00657. The number of carbonyl (C=O) groups is 1. The first-order valence-corrected chi connectivity index (χ1v) is 7.50. The Morgan fingerprint density at radius 3 is 2.45 bits per heavy atom. The van der Waals surface area contributed by atoms with E-state index < -0.39 is 0 Å². The molecule has 20 heavy (non-hydrogen) atoms. The predicted molar refractivity (Wildman–Crippen MR) is 80.5 cm³/mol. The van der Waals surface area contributed by atoms with Crippen LogP contribution < -0.4 is 11.1 Å². The highest BCUT2D eigenvalue weighted by Crippen LogP contribution is 2.67. The van der Waals surface area contributed by atoms with E-state index in [0.717, 1.165) is 19.4 Å². The fourth-order valence-corrected chi connectivity index (χ4v) is 3.47. The molecule has 0 aliphatic heterocycles. The van der Waals surface area contributed by atoms with Crippen LogP contribution >= 0.6 is 0 Å². The van der Waals surface area contributed by atoms with Crippen LogP contribution in [0, 0.1) is 16.7 Å². The van der Waals surface area contributed by atoms with Crippen molar-refractivity contribution >= 4 is 11.6 Å². The molecular weight excluding hydrogens is 250 g/mol. The normalized spacial score (nSPS) is 23.6. The minimum Gasteiger partial charge on any atom is -0.397 e. The Bertz CT molecular complexity index is 538. The minimum atomic E-state index is 0.00657. The molecule has 0 radical (unpaired) electrons. The first kappa shape index (κ1) is 13.5. The average molecular weight is 275 g/mol. The number of nitrogen functional groups attached to an aromatic ring is 1. The lowest BCUT2D eigenvalue weighted by molar-refractivity contribution is 0.0940. The number of carbonyl (C=O) groups excluding carboxylic acids is 1. The average Bonchev–Trinajstić information content (AvgIpc) is 3.19. The van der Waals surface area contributed by atoms with E-state index >= 15 is 0 Å². The van der Waals surface area contributed by atoms with Gasteiger partial charge in [0.1, 0.15) is 5.69 Å². The van der Waals surface area contributed by atoms with Crippen molar-refractivity contribution in [2.24, 2.45) is 16.7 Å². The summed E-state index contributed by atoms with van der Waals surface area (Å²) in [6.45, 7) is 9.83. The van der Waals surface area contributed by atoms with Crippen molar-refractivity contribution in [3.05, 3.63) is 18.0 Å². The van der Waals surface area contributed by atoms with Crippen LogP contribution in [-0.2, 0) is 0 Å². The summed E-state index contributed by atoms with van der Waals surface area (Å²) in [6, 6.07) is 2.26. The van der Waals surface area contributed by atoms with Gasteiger partial charge in [0.05, 0.1) is 5.69 Å². The van der Waals surface area contributed by atoms with Crippen LogP contribution in [0.3, 0.4) is 0 Å². The van der Waals surface area contributed by atoms with Crippen molar-refractivity contribution in [2.75, 3.05) is 12.3 Å². The molecule has 1 heterocycles. The third-order valence-corrected chi connectivity index (χ3v) is 5.83. The summed E-state index contributed by atoms with van der Waals surface area (Å²) in [5.41, 5.74) is 7.83. The van der Waals surface area contributed by atoms with E-state index in [9.17, 15) is 4.79 Å². The molecule has 0 aromatic carbocycles. The molecule has 2 aliphatic carbocycles. The number of hydrogen-bond acceptors (Lipinski definition) is 2. The van der Waals surface area contributed by atoms with Crippen molar-refractivity contribution < 1.29 is 4.79 Å². The van der Waals surface area contributed by atoms with Gasteiger partial charge < -0.3 is 15.6 Å². The van der Waals surface area contributed by atoms with E-state index in [2.05, 4.69) is 33.0 Å². The molecule has 0 bridgehead atoms. The van der Waals surface area contributed by atoms with E-state index in [0.29, 0.717) is 34.2 Å². The topological polar surface area (TPSA) is 60.1 Å². The lowest BCUT2D eigenvalue weighted by Gasteiger charge is -2.09. The zero-order valence-corrected chi connectivity index (χ0v) is 12.9. The molecule has 1 amide bonds. The fourth-order valence-electron chi connectivity index (χ4n) is 3.47. The maximum atomic E-state index is 12.4. The molecule has 4 heteroatoms. The van der Waals surface area contributed by atoms with Crippen molar-refractivity contribution in [1.29, 1.82) is 0 Å². The number of nitrogens with one attached hydrogen (secondary N) is 1. The van der Waals surface area contributed by atoms with Crippen LogP contribution in [0.25, 0.3) is 0 Å². The smallest absolute Gasteiger partial charge is 0.268 e. The Balaban J connectivity index is 1.66. The Morgan fingerprint density at radius 2 is 1.95 bits per heavy atom. The highest BCUT2D eigenvalue weighted by atomic mass is 16.1. The lowest BCUT2D eigenvalue weighted by Crippen LogP contribution is -2.28. The summed E-state index contributed by atoms with van der Waals surface area (Å²) in [7, 11) is 0. The summed E-state index contributed by atoms with van der Waals surface area (Å²) in [5.74, 6) is 0.549. The predicted octanol–water partition coefficient (Wildman–Crippen LogP) is 2.82. The number of rotatable bonds is 4. The van der Waals surface area contributed by atoms with Gasteiger partial charge in [-0.15, -0.1) is 0 Å². The van der Waals surface area contributed by atoms with Crippen molar-refractivity contribution in [1.82, 2.24) is 9.88 Å². The SMILES string of the molecule is CC1(C)C(CNC(=O)c2cc(N)cn2C2CC2)C1(C)C. The van der Waals surface area contributed by atoms with Gasteiger partial charge >= 0.3 is 0 Å². The molecule has 0 spiro atoms. The fraction of sp³-hybridized carbons (Fsp3) is 0.688. The zero-order chi connectivity index (χ0) is 14.7. The van der Waals surface area contributed by atoms with E-state index in [4.69, 9.17) is 5.73 Å².